The lowest BCUT2D eigenvalue weighted by atomic mass is 10.2. The fourth-order valence-electron chi connectivity index (χ4n) is 1.97. The van der Waals surface area contributed by atoms with Crippen LogP contribution in [-0.4, -0.2) is 40.4 Å². The van der Waals surface area contributed by atoms with Crippen LogP contribution in [0.3, 0.4) is 0 Å². The van der Waals surface area contributed by atoms with Crippen LogP contribution in [0.4, 0.5) is 5.95 Å². The van der Waals surface area contributed by atoms with Crippen LogP contribution in [-0.2, 0) is 11.3 Å². The largest absolute Gasteiger partial charge is 0.390 e. The van der Waals surface area contributed by atoms with Crippen LogP contribution in [0.5, 0.6) is 0 Å². The zero-order chi connectivity index (χ0) is 11.5. The third-order valence-corrected chi connectivity index (χ3v) is 2.56. The third-order valence-electron chi connectivity index (χ3n) is 2.56. The highest BCUT2D eigenvalue weighted by Crippen LogP contribution is 2.16. The van der Waals surface area contributed by atoms with E-state index in [-0.39, 0.29) is 18.8 Å². The smallest absolute Gasteiger partial charge is 0.225 e. The average molecular weight is 223 g/mol. The summed E-state index contributed by atoms with van der Waals surface area (Å²) in [5, 5.41) is 9.03. The molecule has 88 valence electrons. The first-order chi connectivity index (χ1) is 7.69. The maximum absolute atomic E-state index is 9.03. The van der Waals surface area contributed by atoms with Gasteiger partial charge in [0.25, 0.3) is 0 Å². The summed E-state index contributed by atoms with van der Waals surface area (Å²) in [6.07, 6.45) is 2.05. The Morgan fingerprint density at radius 1 is 1.44 bits per heavy atom. The zero-order valence-electron chi connectivity index (χ0n) is 9.63. The molecular weight excluding hydrogens is 206 g/mol. The molecule has 2 heterocycles. The molecular formula is C11H17N3O2. The van der Waals surface area contributed by atoms with Crippen LogP contribution < -0.4 is 4.90 Å². The molecule has 0 amide bonds. The molecule has 2 unspecified atom stereocenters. The van der Waals surface area contributed by atoms with Crippen LogP contribution in [0.1, 0.15) is 19.5 Å². The number of hydrogen-bond donors (Lipinski definition) is 1. The summed E-state index contributed by atoms with van der Waals surface area (Å²) in [6, 6.07) is 1.72. The van der Waals surface area contributed by atoms with Crippen LogP contribution in [0.25, 0.3) is 0 Å². The van der Waals surface area contributed by atoms with Crippen LogP contribution >= 0.6 is 0 Å². The summed E-state index contributed by atoms with van der Waals surface area (Å²) in [7, 11) is 0. The van der Waals surface area contributed by atoms with Crippen molar-refractivity contribution in [3.63, 3.8) is 0 Å². The van der Waals surface area contributed by atoms with E-state index in [2.05, 4.69) is 14.9 Å². The molecule has 2 rings (SSSR count). The Hall–Kier alpha value is -1.20. The normalized spacial score (nSPS) is 25.8. The standard InChI is InChI=1S/C11H17N3O2/c1-8-5-14(6-9(2)16-8)11-12-4-3-10(7-15)13-11/h3-4,8-9,15H,5-7H2,1-2H3. The third kappa shape index (κ3) is 2.48. The molecule has 2 atom stereocenters. The Morgan fingerprint density at radius 3 is 2.75 bits per heavy atom. The van der Waals surface area contributed by atoms with Crippen molar-refractivity contribution in [1.29, 1.82) is 0 Å². The maximum atomic E-state index is 9.03. The molecule has 1 aliphatic rings. The highest BCUT2D eigenvalue weighted by Gasteiger charge is 2.23. The van der Waals surface area contributed by atoms with Gasteiger partial charge in [-0.1, -0.05) is 0 Å². The lowest BCUT2D eigenvalue weighted by Gasteiger charge is -2.35. The number of aliphatic hydroxyl groups excluding tert-OH is 1. The van der Waals surface area contributed by atoms with E-state index in [4.69, 9.17) is 9.84 Å². The van der Waals surface area contributed by atoms with Gasteiger partial charge in [-0.15, -0.1) is 0 Å². The molecule has 1 saturated heterocycles. The van der Waals surface area contributed by atoms with E-state index in [0.717, 1.165) is 13.1 Å². The van der Waals surface area contributed by atoms with Crippen molar-refractivity contribution in [3.8, 4) is 0 Å². The Bertz CT molecular complexity index is 349. The number of aliphatic hydroxyl groups is 1. The Morgan fingerprint density at radius 2 is 2.12 bits per heavy atom. The molecule has 16 heavy (non-hydrogen) atoms. The number of nitrogens with zero attached hydrogens (tertiary/aromatic N) is 3. The van der Waals surface area contributed by atoms with Gasteiger partial charge in [-0.2, -0.15) is 0 Å². The lowest BCUT2D eigenvalue weighted by molar-refractivity contribution is -0.00574. The molecule has 1 fully saturated rings. The summed E-state index contributed by atoms with van der Waals surface area (Å²) >= 11 is 0. The maximum Gasteiger partial charge on any atom is 0.225 e. The van der Waals surface area contributed by atoms with Gasteiger partial charge in [0.05, 0.1) is 24.5 Å². The fourth-order valence-corrected chi connectivity index (χ4v) is 1.97. The molecule has 0 aliphatic carbocycles. The quantitative estimate of drug-likeness (QED) is 0.795. The van der Waals surface area contributed by atoms with E-state index in [9.17, 15) is 0 Å². The summed E-state index contributed by atoms with van der Waals surface area (Å²) in [5.74, 6) is 0.675. The van der Waals surface area contributed by atoms with E-state index in [1.807, 2.05) is 13.8 Å². The SMILES string of the molecule is CC1CN(c2nccc(CO)n2)CC(C)O1. The summed E-state index contributed by atoms with van der Waals surface area (Å²) in [6.45, 7) is 5.61. The van der Waals surface area contributed by atoms with Gasteiger partial charge in [-0.25, -0.2) is 9.97 Å². The molecule has 5 nitrogen and oxygen atoms in total. The van der Waals surface area contributed by atoms with Gasteiger partial charge >= 0.3 is 0 Å². The highest BCUT2D eigenvalue weighted by molar-refractivity contribution is 5.31. The molecule has 0 spiro atoms. The summed E-state index contributed by atoms with van der Waals surface area (Å²) in [4.78, 5) is 10.6. The van der Waals surface area contributed by atoms with Crippen LogP contribution in [0.2, 0.25) is 0 Å². The molecule has 5 heteroatoms. The molecule has 0 radical (unpaired) electrons. The molecule has 0 bridgehead atoms. The van der Waals surface area contributed by atoms with Crippen molar-refractivity contribution >= 4 is 5.95 Å². The first-order valence-corrected chi connectivity index (χ1v) is 5.52. The van der Waals surface area contributed by atoms with Gasteiger partial charge in [0.1, 0.15) is 0 Å². The van der Waals surface area contributed by atoms with E-state index < -0.39 is 0 Å². The molecule has 1 N–H and O–H groups in total. The van der Waals surface area contributed by atoms with Gasteiger partial charge in [0, 0.05) is 19.3 Å². The van der Waals surface area contributed by atoms with Crippen molar-refractivity contribution in [2.75, 3.05) is 18.0 Å². The van der Waals surface area contributed by atoms with E-state index in [1.165, 1.54) is 0 Å². The number of morpholine rings is 1. The Labute approximate surface area is 95.1 Å². The second-order valence-electron chi connectivity index (χ2n) is 4.17. The zero-order valence-corrected chi connectivity index (χ0v) is 9.63. The Kier molecular flexibility index (Phi) is 3.36. The molecule has 1 aromatic rings. The minimum atomic E-state index is -0.0506. The molecule has 1 aromatic heterocycles. The molecule has 0 aromatic carbocycles. The van der Waals surface area contributed by atoms with E-state index in [1.54, 1.807) is 12.3 Å². The van der Waals surface area contributed by atoms with Crippen LogP contribution in [0, 0.1) is 0 Å². The predicted molar refractivity (Wildman–Crippen MR) is 60.2 cm³/mol. The Balaban J connectivity index is 2.16. The van der Waals surface area contributed by atoms with Crippen molar-refractivity contribution in [1.82, 2.24) is 9.97 Å². The van der Waals surface area contributed by atoms with Crippen molar-refractivity contribution in [3.05, 3.63) is 18.0 Å². The van der Waals surface area contributed by atoms with Crippen molar-refractivity contribution in [2.45, 2.75) is 32.7 Å². The number of hydrogen-bond acceptors (Lipinski definition) is 5. The number of aromatic nitrogens is 2. The summed E-state index contributed by atoms with van der Waals surface area (Å²) < 4.78 is 5.65. The minimum Gasteiger partial charge on any atom is -0.390 e. The van der Waals surface area contributed by atoms with Crippen molar-refractivity contribution < 1.29 is 9.84 Å². The topological polar surface area (TPSA) is 58.5 Å². The van der Waals surface area contributed by atoms with Gasteiger partial charge in [-0.3, -0.25) is 0 Å². The van der Waals surface area contributed by atoms with E-state index >= 15 is 0 Å². The summed E-state index contributed by atoms with van der Waals surface area (Å²) in [5.41, 5.74) is 0.650. The average Bonchev–Trinajstić information content (AvgIpc) is 2.28. The fraction of sp³-hybridized carbons (Fsp3) is 0.636. The van der Waals surface area contributed by atoms with Crippen molar-refractivity contribution in [2.24, 2.45) is 0 Å². The first kappa shape index (κ1) is 11.3. The van der Waals surface area contributed by atoms with Gasteiger partial charge in [0.15, 0.2) is 0 Å². The van der Waals surface area contributed by atoms with Gasteiger partial charge in [-0.05, 0) is 19.9 Å². The predicted octanol–water partition coefficient (Wildman–Crippen LogP) is 0.583. The lowest BCUT2D eigenvalue weighted by Crippen LogP contribution is -2.46. The highest BCUT2D eigenvalue weighted by atomic mass is 16.5. The first-order valence-electron chi connectivity index (χ1n) is 5.52. The number of ether oxygens (including phenoxy) is 1. The van der Waals surface area contributed by atoms with E-state index in [0.29, 0.717) is 11.6 Å². The molecule has 1 aliphatic heterocycles. The minimum absolute atomic E-state index is 0.0506. The van der Waals surface area contributed by atoms with Gasteiger partial charge in [0.2, 0.25) is 5.95 Å². The number of anilines is 1. The second-order valence-corrected chi connectivity index (χ2v) is 4.17. The van der Waals surface area contributed by atoms with Gasteiger partial charge < -0.3 is 14.7 Å². The number of rotatable bonds is 2. The van der Waals surface area contributed by atoms with Crippen LogP contribution in [0.15, 0.2) is 12.3 Å². The molecule has 0 saturated carbocycles. The monoisotopic (exact) mass is 223 g/mol. The second kappa shape index (κ2) is 4.76.